The van der Waals surface area contributed by atoms with Gasteiger partial charge in [-0.2, -0.15) is 0 Å². The van der Waals surface area contributed by atoms with Crippen LogP contribution in [0.3, 0.4) is 0 Å². The number of halogens is 3. The van der Waals surface area contributed by atoms with Crippen molar-refractivity contribution in [1.29, 1.82) is 0 Å². The van der Waals surface area contributed by atoms with Crippen LogP contribution in [0.25, 0.3) is 33.2 Å². The lowest BCUT2D eigenvalue weighted by Crippen LogP contribution is -1.98. The number of hydrogen-bond donors (Lipinski definition) is 0. The third-order valence-electron chi connectivity index (χ3n) is 3.70. The SMILES string of the molecule is Cn1c2c3ccccc3nc-2cc2cc(Cl)c(Cl)cc21.I. The standard InChI is InChI=1S/C16H10Cl2N2.HI/c1-20-15-8-12(18)11(17)6-9(15)7-14-16(20)10-4-2-3-5-13(10)19-14;/h2-8H,1H3;1H. The Hall–Kier alpha value is -1.04. The zero-order valence-corrected chi connectivity index (χ0v) is 14.9. The number of aromatic nitrogens is 2. The van der Waals surface area contributed by atoms with E-state index in [1.54, 1.807) is 0 Å². The molecule has 0 N–H and O–H groups in total. The molecule has 2 aromatic carbocycles. The minimum Gasteiger partial charge on any atom is -0.342 e. The Bertz CT molecular complexity index is 946. The molecule has 2 nitrogen and oxygen atoms in total. The Morgan fingerprint density at radius 1 is 1.00 bits per heavy atom. The van der Waals surface area contributed by atoms with Crippen molar-refractivity contribution in [3.05, 3.63) is 52.5 Å². The molecule has 21 heavy (non-hydrogen) atoms. The van der Waals surface area contributed by atoms with Crippen molar-refractivity contribution in [2.75, 3.05) is 0 Å². The minimum atomic E-state index is 0. The van der Waals surface area contributed by atoms with Gasteiger partial charge < -0.3 is 4.57 Å². The highest BCUT2D eigenvalue weighted by molar-refractivity contribution is 14.0. The second-order valence-electron chi connectivity index (χ2n) is 4.89. The molecule has 0 amide bonds. The number of hydrogen-bond acceptors (Lipinski definition) is 1. The van der Waals surface area contributed by atoms with E-state index in [1.807, 2.05) is 37.4 Å². The molecule has 0 aromatic heterocycles. The fraction of sp³-hybridized carbons (Fsp3) is 0.0625. The summed E-state index contributed by atoms with van der Waals surface area (Å²) in [6.45, 7) is 0. The van der Waals surface area contributed by atoms with E-state index in [9.17, 15) is 0 Å². The van der Waals surface area contributed by atoms with Crippen molar-refractivity contribution in [1.82, 2.24) is 9.55 Å². The Kier molecular flexibility index (Phi) is 3.76. The smallest absolute Gasteiger partial charge is 0.0887 e. The molecule has 0 spiro atoms. The first-order chi connectivity index (χ1) is 9.65. The monoisotopic (exact) mass is 428 g/mol. The highest BCUT2D eigenvalue weighted by Crippen LogP contribution is 2.36. The third kappa shape index (κ3) is 2.18. The van der Waals surface area contributed by atoms with Gasteiger partial charge in [-0.15, -0.1) is 24.0 Å². The highest BCUT2D eigenvalue weighted by Gasteiger charge is 2.16. The van der Waals surface area contributed by atoms with Crippen LogP contribution in [-0.2, 0) is 7.05 Å². The fourth-order valence-electron chi connectivity index (χ4n) is 2.77. The summed E-state index contributed by atoms with van der Waals surface area (Å²) in [6.07, 6.45) is 0. The molecule has 2 heterocycles. The van der Waals surface area contributed by atoms with Gasteiger partial charge in [0.1, 0.15) is 0 Å². The summed E-state index contributed by atoms with van der Waals surface area (Å²) in [4.78, 5) is 4.68. The molecular weight excluding hydrogens is 418 g/mol. The van der Waals surface area contributed by atoms with Gasteiger partial charge >= 0.3 is 0 Å². The van der Waals surface area contributed by atoms with Crippen LogP contribution in [0.4, 0.5) is 0 Å². The Morgan fingerprint density at radius 3 is 2.52 bits per heavy atom. The second-order valence-corrected chi connectivity index (χ2v) is 5.71. The van der Waals surface area contributed by atoms with E-state index >= 15 is 0 Å². The lowest BCUT2D eigenvalue weighted by molar-refractivity contribution is 0.967. The first-order valence-electron chi connectivity index (χ1n) is 6.28. The van der Waals surface area contributed by atoms with Gasteiger partial charge in [-0.3, -0.25) is 0 Å². The maximum atomic E-state index is 6.14. The van der Waals surface area contributed by atoms with Gasteiger partial charge in [-0.1, -0.05) is 41.4 Å². The molecular formula is C16H11Cl2IN2. The molecule has 0 unspecified atom stereocenters. The van der Waals surface area contributed by atoms with E-state index in [0.29, 0.717) is 10.0 Å². The third-order valence-corrected chi connectivity index (χ3v) is 4.42. The van der Waals surface area contributed by atoms with Crippen molar-refractivity contribution in [3.8, 4) is 11.4 Å². The molecule has 0 bridgehead atoms. The summed E-state index contributed by atoms with van der Waals surface area (Å²) >= 11 is 12.3. The number of aryl methyl sites for hydroxylation is 1. The van der Waals surface area contributed by atoms with Gasteiger partial charge in [-0.05, 0) is 24.3 Å². The van der Waals surface area contributed by atoms with Crippen molar-refractivity contribution in [2.24, 2.45) is 7.05 Å². The van der Waals surface area contributed by atoms with Gasteiger partial charge in [0.15, 0.2) is 0 Å². The van der Waals surface area contributed by atoms with Crippen molar-refractivity contribution < 1.29 is 0 Å². The Balaban J connectivity index is 0.00000132. The number of fused-ring (bicyclic) bond motifs is 4. The van der Waals surface area contributed by atoms with Crippen LogP contribution in [0.15, 0.2) is 42.5 Å². The van der Waals surface area contributed by atoms with E-state index in [1.165, 1.54) is 0 Å². The summed E-state index contributed by atoms with van der Waals surface area (Å²) in [5, 5.41) is 3.32. The summed E-state index contributed by atoms with van der Waals surface area (Å²) in [6, 6.07) is 14.0. The van der Waals surface area contributed by atoms with Crippen LogP contribution in [0.5, 0.6) is 0 Å². The minimum absolute atomic E-state index is 0. The van der Waals surface area contributed by atoms with E-state index < -0.39 is 0 Å². The molecule has 0 fully saturated rings. The molecule has 2 aliphatic rings. The van der Waals surface area contributed by atoms with Gasteiger partial charge in [0.05, 0.1) is 26.9 Å². The molecule has 0 radical (unpaired) electrons. The maximum absolute atomic E-state index is 6.14. The lowest BCUT2D eigenvalue weighted by Gasteiger charge is -2.13. The molecule has 0 aliphatic carbocycles. The van der Waals surface area contributed by atoms with E-state index in [4.69, 9.17) is 23.2 Å². The van der Waals surface area contributed by atoms with Crippen LogP contribution >= 0.6 is 47.2 Å². The normalized spacial score (nSPS) is 11.2. The molecule has 106 valence electrons. The topological polar surface area (TPSA) is 17.8 Å². The quantitative estimate of drug-likeness (QED) is 0.326. The van der Waals surface area contributed by atoms with Gasteiger partial charge in [-0.25, -0.2) is 4.98 Å². The zero-order valence-electron chi connectivity index (χ0n) is 11.1. The molecule has 0 saturated heterocycles. The fourth-order valence-corrected chi connectivity index (χ4v) is 3.10. The van der Waals surface area contributed by atoms with Crippen LogP contribution in [-0.4, -0.2) is 9.55 Å². The molecule has 2 aromatic rings. The first-order valence-corrected chi connectivity index (χ1v) is 7.03. The number of rotatable bonds is 0. The van der Waals surface area contributed by atoms with Gasteiger partial charge in [0.25, 0.3) is 0 Å². The number of benzene rings is 2. The Labute approximate surface area is 149 Å². The van der Waals surface area contributed by atoms with Crippen LogP contribution < -0.4 is 0 Å². The first kappa shape index (κ1) is 14.9. The Morgan fingerprint density at radius 2 is 1.71 bits per heavy atom. The van der Waals surface area contributed by atoms with E-state index in [0.717, 1.165) is 33.2 Å². The van der Waals surface area contributed by atoms with E-state index in [2.05, 4.69) is 21.7 Å². The molecule has 5 heteroatoms. The van der Waals surface area contributed by atoms with Crippen molar-refractivity contribution in [2.45, 2.75) is 0 Å². The molecule has 4 rings (SSSR count). The summed E-state index contributed by atoms with van der Waals surface area (Å²) in [5.41, 5.74) is 4.14. The number of para-hydroxylation sites is 1. The molecule has 0 saturated carbocycles. The molecule has 0 atom stereocenters. The summed E-state index contributed by atoms with van der Waals surface area (Å²) in [7, 11) is 2.03. The van der Waals surface area contributed by atoms with E-state index in [-0.39, 0.29) is 24.0 Å². The number of pyridine rings is 1. The van der Waals surface area contributed by atoms with Gasteiger partial charge in [0.2, 0.25) is 0 Å². The van der Waals surface area contributed by atoms with Crippen LogP contribution in [0, 0.1) is 0 Å². The maximum Gasteiger partial charge on any atom is 0.0887 e. The predicted octanol–water partition coefficient (Wildman–Crippen LogP) is 5.76. The largest absolute Gasteiger partial charge is 0.342 e. The predicted molar refractivity (Wildman–Crippen MR) is 100 cm³/mol. The average Bonchev–Trinajstić information content (AvgIpc) is 2.80. The highest BCUT2D eigenvalue weighted by atomic mass is 127. The van der Waals surface area contributed by atoms with Crippen molar-refractivity contribution in [3.63, 3.8) is 0 Å². The summed E-state index contributed by atoms with van der Waals surface area (Å²) < 4.78 is 2.13. The zero-order chi connectivity index (χ0) is 13.9. The summed E-state index contributed by atoms with van der Waals surface area (Å²) in [5.74, 6) is 0. The van der Waals surface area contributed by atoms with Crippen LogP contribution in [0.2, 0.25) is 10.0 Å². The average molecular weight is 429 g/mol. The molecule has 2 aliphatic heterocycles. The van der Waals surface area contributed by atoms with Gasteiger partial charge in [0, 0.05) is 23.3 Å². The van der Waals surface area contributed by atoms with Crippen molar-refractivity contribution >= 4 is 69.0 Å². The lowest BCUT2D eigenvalue weighted by atomic mass is 10.1. The number of nitrogens with zero attached hydrogens (tertiary/aromatic N) is 2. The van der Waals surface area contributed by atoms with Crippen LogP contribution in [0.1, 0.15) is 0 Å². The second kappa shape index (κ2) is 5.30.